The van der Waals surface area contributed by atoms with E-state index in [9.17, 15) is 4.79 Å². The first kappa shape index (κ1) is 19.1. The van der Waals surface area contributed by atoms with Gasteiger partial charge in [0.15, 0.2) is 6.10 Å². The van der Waals surface area contributed by atoms with Gasteiger partial charge in [-0.2, -0.15) is 0 Å². The molecular formula is C22H22ClNO3. The third-order valence-corrected chi connectivity index (χ3v) is 4.40. The van der Waals surface area contributed by atoms with Gasteiger partial charge in [-0.15, -0.1) is 0 Å². The molecule has 3 rings (SSSR count). The third kappa shape index (κ3) is 5.38. The second-order valence-corrected chi connectivity index (χ2v) is 6.55. The highest BCUT2D eigenvalue weighted by molar-refractivity contribution is 6.30. The SMILES string of the molecule is CCC(Oc1ccc2ccccc2c1)C(=O)NCCOc1ccc(Cl)cc1. The number of amides is 1. The van der Waals surface area contributed by atoms with Crippen LogP contribution in [0, 0.1) is 0 Å². The smallest absolute Gasteiger partial charge is 0.261 e. The maximum Gasteiger partial charge on any atom is 0.261 e. The Morgan fingerprint density at radius 2 is 1.70 bits per heavy atom. The fourth-order valence-corrected chi connectivity index (χ4v) is 2.84. The minimum absolute atomic E-state index is 0.148. The first-order chi connectivity index (χ1) is 13.2. The second-order valence-electron chi connectivity index (χ2n) is 6.12. The lowest BCUT2D eigenvalue weighted by Gasteiger charge is -2.18. The van der Waals surface area contributed by atoms with Crippen molar-refractivity contribution >= 4 is 28.3 Å². The minimum Gasteiger partial charge on any atom is -0.492 e. The summed E-state index contributed by atoms with van der Waals surface area (Å²) in [5.41, 5.74) is 0. The number of nitrogens with one attached hydrogen (secondary N) is 1. The largest absolute Gasteiger partial charge is 0.492 e. The molecule has 0 heterocycles. The minimum atomic E-state index is -0.540. The summed E-state index contributed by atoms with van der Waals surface area (Å²) in [6.07, 6.45) is 0.0400. The van der Waals surface area contributed by atoms with Crippen molar-refractivity contribution in [3.8, 4) is 11.5 Å². The number of rotatable bonds is 8. The molecule has 1 amide bonds. The van der Waals surface area contributed by atoms with Crippen LogP contribution in [0.2, 0.25) is 5.02 Å². The topological polar surface area (TPSA) is 47.6 Å². The molecule has 1 N–H and O–H groups in total. The van der Waals surface area contributed by atoms with E-state index < -0.39 is 6.10 Å². The Labute approximate surface area is 164 Å². The monoisotopic (exact) mass is 383 g/mol. The maximum absolute atomic E-state index is 12.4. The molecule has 1 atom stereocenters. The summed E-state index contributed by atoms with van der Waals surface area (Å²) in [5.74, 6) is 1.26. The van der Waals surface area contributed by atoms with Crippen LogP contribution < -0.4 is 14.8 Å². The molecule has 140 valence electrons. The fraction of sp³-hybridized carbons (Fsp3) is 0.227. The van der Waals surface area contributed by atoms with Crippen LogP contribution in [0.25, 0.3) is 10.8 Å². The number of ether oxygens (including phenoxy) is 2. The summed E-state index contributed by atoms with van der Waals surface area (Å²) in [5, 5.41) is 5.74. The zero-order chi connectivity index (χ0) is 19.1. The molecule has 3 aromatic rings. The van der Waals surface area contributed by atoms with Crippen molar-refractivity contribution < 1.29 is 14.3 Å². The van der Waals surface area contributed by atoms with Crippen LogP contribution in [0.3, 0.4) is 0 Å². The van der Waals surface area contributed by atoms with Crippen LogP contribution in [0.4, 0.5) is 0 Å². The lowest BCUT2D eigenvalue weighted by atomic mass is 10.1. The van der Waals surface area contributed by atoms with Crippen LogP contribution in [-0.4, -0.2) is 25.2 Å². The van der Waals surface area contributed by atoms with E-state index in [0.717, 1.165) is 10.8 Å². The number of benzene rings is 3. The normalized spacial score (nSPS) is 11.8. The summed E-state index contributed by atoms with van der Waals surface area (Å²) in [4.78, 5) is 12.4. The van der Waals surface area contributed by atoms with E-state index in [1.807, 2.05) is 49.4 Å². The van der Waals surface area contributed by atoms with E-state index in [4.69, 9.17) is 21.1 Å². The standard InChI is InChI=1S/C22H22ClNO3/c1-2-21(27-20-10-7-16-5-3-4-6-17(16)15-20)22(25)24-13-14-26-19-11-8-18(23)9-12-19/h3-12,15,21H,2,13-14H2,1H3,(H,24,25). The van der Waals surface area contributed by atoms with Gasteiger partial charge in [-0.25, -0.2) is 0 Å². The Bertz CT molecular complexity index is 895. The summed E-state index contributed by atoms with van der Waals surface area (Å²) >= 11 is 5.84. The Balaban J connectivity index is 1.50. The van der Waals surface area contributed by atoms with Gasteiger partial charge in [-0.1, -0.05) is 48.9 Å². The second kappa shape index (κ2) is 9.28. The van der Waals surface area contributed by atoms with Crippen molar-refractivity contribution in [2.45, 2.75) is 19.4 Å². The van der Waals surface area contributed by atoms with Crippen LogP contribution >= 0.6 is 11.6 Å². The molecule has 0 saturated heterocycles. The zero-order valence-corrected chi connectivity index (χ0v) is 15.9. The van der Waals surface area contributed by atoms with Gasteiger partial charge in [-0.05, 0) is 53.6 Å². The number of carbonyl (C=O) groups is 1. The lowest BCUT2D eigenvalue weighted by molar-refractivity contribution is -0.128. The summed E-state index contributed by atoms with van der Waals surface area (Å²) in [7, 11) is 0. The molecule has 0 bridgehead atoms. The van der Waals surface area contributed by atoms with Crippen LogP contribution in [0.1, 0.15) is 13.3 Å². The average molecular weight is 384 g/mol. The van der Waals surface area contributed by atoms with E-state index in [2.05, 4.69) is 5.32 Å². The number of carbonyl (C=O) groups excluding carboxylic acids is 1. The molecule has 27 heavy (non-hydrogen) atoms. The number of hydrogen-bond donors (Lipinski definition) is 1. The third-order valence-electron chi connectivity index (χ3n) is 4.15. The Hall–Kier alpha value is -2.72. The van der Waals surface area contributed by atoms with Gasteiger partial charge in [0.2, 0.25) is 0 Å². The van der Waals surface area contributed by atoms with Gasteiger partial charge < -0.3 is 14.8 Å². The van der Waals surface area contributed by atoms with Gasteiger partial charge >= 0.3 is 0 Å². The van der Waals surface area contributed by atoms with Gasteiger partial charge in [0, 0.05) is 5.02 Å². The Morgan fingerprint density at radius 3 is 2.44 bits per heavy atom. The summed E-state index contributed by atoms with van der Waals surface area (Å²) < 4.78 is 11.5. The van der Waals surface area contributed by atoms with Gasteiger partial charge in [0.05, 0.1) is 6.54 Å². The fourth-order valence-electron chi connectivity index (χ4n) is 2.72. The molecule has 0 fully saturated rings. The van der Waals surface area contributed by atoms with Crippen molar-refractivity contribution in [2.24, 2.45) is 0 Å². The first-order valence-corrected chi connectivity index (χ1v) is 9.35. The number of halogens is 1. The average Bonchev–Trinajstić information content (AvgIpc) is 2.70. The first-order valence-electron chi connectivity index (χ1n) is 8.97. The van der Waals surface area contributed by atoms with Crippen molar-refractivity contribution in [3.63, 3.8) is 0 Å². The van der Waals surface area contributed by atoms with E-state index in [1.54, 1.807) is 24.3 Å². The Morgan fingerprint density at radius 1 is 1.00 bits per heavy atom. The maximum atomic E-state index is 12.4. The summed E-state index contributed by atoms with van der Waals surface area (Å²) in [6, 6.07) is 21.0. The van der Waals surface area contributed by atoms with Gasteiger partial charge in [0.25, 0.3) is 5.91 Å². The Kier molecular flexibility index (Phi) is 6.55. The van der Waals surface area contributed by atoms with E-state index >= 15 is 0 Å². The molecule has 5 heteroatoms. The molecule has 0 aliphatic heterocycles. The predicted octanol–water partition coefficient (Wildman–Crippen LogP) is 4.85. The lowest BCUT2D eigenvalue weighted by Crippen LogP contribution is -2.39. The zero-order valence-electron chi connectivity index (χ0n) is 15.2. The van der Waals surface area contributed by atoms with E-state index in [1.165, 1.54) is 0 Å². The molecule has 0 saturated carbocycles. The van der Waals surface area contributed by atoms with Crippen molar-refractivity contribution in [3.05, 3.63) is 71.8 Å². The summed E-state index contributed by atoms with van der Waals surface area (Å²) in [6.45, 7) is 2.70. The van der Waals surface area contributed by atoms with Crippen LogP contribution in [0.15, 0.2) is 66.7 Å². The van der Waals surface area contributed by atoms with Crippen molar-refractivity contribution in [1.82, 2.24) is 5.32 Å². The van der Waals surface area contributed by atoms with Gasteiger partial charge in [-0.3, -0.25) is 4.79 Å². The number of fused-ring (bicyclic) bond motifs is 1. The highest BCUT2D eigenvalue weighted by Gasteiger charge is 2.18. The molecule has 4 nitrogen and oxygen atoms in total. The molecule has 0 radical (unpaired) electrons. The molecule has 0 aliphatic rings. The molecule has 0 spiro atoms. The highest BCUT2D eigenvalue weighted by atomic mass is 35.5. The highest BCUT2D eigenvalue weighted by Crippen LogP contribution is 2.22. The molecule has 3 aromatic carbocycles. The van der Waals surface area contributed by atoms with Crippen molar-refractivity contribution in [1.29, 1.82) is 0 Å². The molecule has 0 aliphatic carbocycles. The van der Waals surface area contributed by atoms with E-state index in [0.29, 0.717) is 36.1 Å². The molecule has 1 unspecified atom stereocenters. The van der Waals surface area contributed by atoms with Crippen LogP contribution in [0.5, 0.6) is 11.5 Å². The number of hydrogen-bond acceptors (Lipinski definition) is 3. The van der Waals surface area contributed by atoms with Crippen molar-refractivity contribution in [2.75, 3.05) is 13.2 Å². The quantitative estimate of drug-likeness (QED) is 0.566. The molecule has 0 aromatic heterocycles. The predicted molar refractivity (Wildman–Crippen MR) is 109 cm³/mol. The molecular weight excluding hydrogens is 362 g/mol. The van der Waals surface area contributed by atoms with Crippen LogP contribution in [-0.2, 0) is 4.79 Å². The van der Waals surface area contributed by atoms with E-state index in [-0.39, 0.29) is 5.91 Å². The van der Waals surface area contributed by atoms with Gasteiger partial charge in [0.1, 0.15) is 18.1 Å².